The minimum absolute atomic E-state index is 0.214. The van der Waals surface area contributed by atoms with Crippen molar-refractivity contribution in [2.75, 3.05) is 10.6 Å². The van der Waals surface area contributed by atoms with E-state index in [1.165, 1.54) is 16.0 Å². The Morgan fingerprint density at radius 2 is 1.84 bits per heavy atom. The van der Waals surface area contributed by atoms with Gasteiger partial charge in [0.1, 0.15) is 5.82 Å². The minimum atomic E-state index is -0.355. The fraction of sp³-hybridized carbons (Fsp3) is 0.250. The molecular formula is C16H18N6O2S. The molecule has 3 heterocycles. The van der Waals surface area contributed by atoms with E-state index in [0.29, 0.717) is 16.4 Å². The Hall–Kier alpha value is -2.94. The quantitative estimate of drug-likeness (QED) is 0.748. The van der Waals surface area contributed by atoms with E-state index in [4.69, 9.17) is 0 Å². The highest BCUT2D eigenvalue weighted by Crippen LogP contribution is 2.20. The fourth-order valence-electron chi connectivity index (χ4n) is 2.41. The molecule has 0 fully saturated rings. The van der Waals surface area contributed by atoms with Crippen LogP contribution in [0.4, 0.5) is 11.5 Å². The number of amides is 2. The number of aryl methyl sites for hydroxylation is 3. The highest BCUT2D eigenvalue weighted by Gasteiger charge is 2.18. The molecule has 9 heteroatoms. The van der Waals surface area contributed by atoms with Crippen LogP contribution in [-0.4, -0.2) is 31.4 Å². The average molecular weight is 358 g/mol. The summed E-state index contributed by atoms with van der Waals surface area (Å²) >= 11 is 1.35. The molecule has 0 saturated carbocycles. The largest absolute Gasteiger partial charge is 0.317 e. The highest BCUT2D eigenvalue weighted by atomic mass is 32.1. The van der Waals surface area contributed by atoms with Crippen molar-refractivity contribution in [1.29, 1.82) is 0 Å². The Labute approximate surface area is 148 Å². The predicted octanol–water partition coefficient (Wildman–Crippen LogP) is 2.34. The summed E-state index contributed by atoms with van der Waals surface area (Å²) in [4.78, 5) is 25.2. The number of thiophene rings is 1. The number of aromatic nitrogens is 4. The van der Waals surface area contributed by atoms with E-state index in [0.717, 1.165) is 11.4 Å². The van der Waals surface area contributed by atoms with Gasteiger partial charge in [0.15, 0.2) is 5.69 Å². The second kappa shape index (κ2) is 6.52. The molecule has 3 aromatic rings. The topological polar surface area (TPSA) is 93.8 Å². The van der Waals surface area contributed by atoms with Crippen molar-refractivity contribution >= 4 is 34.7 Å². The zero-order chi connectivity index (χ0) is 18.1. The summed E-state index contributed by atoms with van der Waals surface area (Å²) in [5.41, 5.74) is 2.47. The number of carbonyl (C=O) groups is 2. The molecule has 0 radical (unpaired) electrons. The van der Waals surface area contributed by atoms with Gasteiger partial charge in [0.25, 0.3) is 11.8 Å². The summed E-state index contributed by atoms with van der Waals surface area (Å²) in [5.74, 6) is -0.140. The van der Waals surface area contributed by atoms with Gasteiger partial charge in [-0.05, 0) is 25.3 Å². The van der Waals surface area contributed by atoms with Gasteiger partial charge in [0, 0.05) is 20.2 Å². The van der Waals surface area contributed by atoms with Crippen molar-refractivity contribution in [3.63, 3.8) is 0 Å². The molecule has 0 aliphatic carbocycles. The van der Waals surface area contributed by atoms with Gasteiger partial charge in [0.2, 0.25) is 0 Å². The number of anilines is 2. The van der Waals surface area contributed by atoms with Crippen molar-refractivity contribution in [3.05, 3.63) is 45.5 Å². The number of nitrogens with zero attached hydrogens (tertiary/aromatic N) is 4. The number of carbonyl (C=O) groups excluding carboxylic acids is 2. The molecule has 0 aromatic carbocycles. The third-order valence-corrected chi connectivity index (χ3v) is 4.72. The molecule has 130 valence electrons. The lowest BCUT2D eigenvalue weighted by molar-refractivity contribution is 0.101. The Morgan fingerprint density at radius 1 is 1.08 bits per heavy atom. The van der Waals surface area contributed by atoms with Gasteiger partial charge in [-0.2, -0.15) is 10.2 Å². The molecule has 2 amide bonds. The van der Waals surface area contributed by atoms with Crippen molar-refractivity contribution in [1.82, 2.24) is 19.6 Å². The number of hydrogen-bond acceptors (Lipinski definition) is 5. The van der Waals surface area contributed by atoms with Gasteiger partial charge in [-0.15, -0.1) is 11.3 Å². The van der Waals surface area contributed by atoms with Crippen molar-refractivity contribution in [2.24, 2.45) is 14.1 Å². The van der Waals surface area contributed by atoms with Crippen molar-refractivity contribution in [3.8, 4) is 0 Å². The summed E-state index contributed by atoms with van der Waals surface area (Å²) in [6, 6.07) is 5.08. The van der Waals surface area contributed by atoms with Gasteiger partial charge in [-0.1, -0.05) is 6.07 Å². The SMILES string of the molecule is Cc1nn(C)c(C)c1NC(=O)c1cc(NC(=O)c2cccs2)n(C)n1. The zero-order valence-electron chi connectivity index (χ0n) is 14.3. The molecule has 0 aliphatic heterocycles. The number of nitrogens with one attached hydrogen (secondary N) is 2. The Bertz CT molecular complexity index is 938. The summed E-state index contributed by atoms with van der Waals surface area (Å²) in [6.45, 7) is 3.70. The van der Waals surface area contributed by atoms with Crippen LogP contribution in [0.2, 0.25) is 0 Å². The Balaban J connectivity index is 1.77. The molecule has 0 aliphatic rings. The van der Waals surface area contributed by atoms with Crippen LogP contribution in [0.25, 0.3) is 0 Å². The Morgan fingerprint density at radius 3 is 2.44 bits per heavy atom. The van der Waals surface area contributed by atoms with Crippen molar-refractivity contribution < 1.29 is 9.59 Å². The summed E-state index contributed by atoms with van der Waals surface area (Å²) in [7, 11) is 3.48. The number of hydrogen-bond donors (Lipinski definition) is 2. The van der Waals surface area contributed by atoms with Crippen LogP contribution in [-0.2, 0) is 14.1 Å². The van der Waals surface area contributed by atoms with Crippen LogP contribution in [0.15, 0.2) is 23.6 Å². The van der Waals surface area contributed by atoms with Gasteiger partial charge in [-0.25, -0.2) is 0 Å². The van der Waals surface area contributed by atoms with Crippen LogP contribution < -0.4 is 10.6 Å². The fourth-order valence-corrected chi connectivity index (χ4v) is 3.03. The van der Waals surface area contributed by atoms with Gasteiger partial charge < -0.3 is 10.6 Å². The first-order chi connectivity index (χ1) is 11.9. The monoisotopic (exact) mass is 358 g/mol. The second-order valence-corrected chi connectivity index (χ2v) is 6.54. The molecule has 0 unspecified atom stereocenters. The summed E-state index contributed by atoms with van der Waals surface area (Å²) in [6.07, 6.45) is 0. The van der Waals surface area contributed by atoms with Crippen LogP contribution in [0.3, 0.4) is 0 Å². The minimum Gasteiger partial charge on any atom is -0.317 e. The van der Waals surface area contributed by atoms with Crippen LogP contribution in [0.5, 0.6) is 0 Å². The molecule has 8 nitrogen and oxygen atoms in total. The zero-order valence-corrected chi connectivity index (χ0v) is 15.1. The van der Waals surface area contributed by atoms with E-state index in [9.17, 15) is 9.59 Å². The maximum absolute atomic E-state index is 12.5. The first-order valence-electron chi connectivity index (χ1n) is 7.57. The van der Waals surface area contributed by atoms with E-state index in [2.05, 4.69) is 20.8 Å². The maximum atomic E-state index is 12.5. The van der Waals surface area contributed by atoms with Crippen molar-refractivity contribution in [2.45, 2.75) is 13.8 Å². The molecule has 3 rings (SSSR count). The van der Waals surface area contributed by atoms with Gasteiger partial charge in [-0.3, -0.25) is 19.0 Å². The molecule has 2 N–H and O–H groups in total. The molecule has 0 spiro atoms. The first-order valence-corrected chi connectivity index (χ1v) is 8.45. The van der Waals surface area contributed by atoms with Crippen LogP contribution in [0, 0.1) is 13.8 Å². The van der Waals surface area contributed by atoms with Crippen LogP contribution >= 0.6 is 11.3 Å². The Kier molecular flexibility index (Phi) is 4.41. The first kappa shape index (κ1) is 16.9. The lowest BCUT2D eigenvalue weighted by atomic mass is 10.3. The second-order valence-electron chi connectivity index (χ2n) is 5.59. The molecule has 0 bridgehead atoms. The predicted molar refractivity (Wildman–Crippen MR) is 96.1 cm³/mol. The lowest BCUT2D eigenvalue weighted by Crippen LogP contribution is -2.14. The van der Waals surface area contributed by atoms with E-state index >= 15 is 0 Å². The van der Waals surface area contributed by atoms with Gasteiger partial charge >= 0.3 is 0 Å². The van der Waals surface area contributed by atoms with E-state index in [-0.39, 0.29) is 17.5 Å². The smallest absolute Gasteiger partial charge is 0.276 e. The highest BCUT2D eigenvalue weighted by molar-refractivity contribution is 7.12. The van der Waals surface area contributed by atoms with E-state index in [1.807, 2.05) is 26.3 Å². The van der Waals surface area contributed by atoms with Gasteiger partial charge in [0.05, 0.1) is 22.0 Å². The molecule has 0 saturated heterocycles. The average Bonchev–Trinajstić information content (AvgIpc) is 3.26. The molecule has 0 atom stereocenters. The third kappa shape index (κ3) is 3.31. The standard InChI is InChI=1S/C16H18N6O2S/c1-9-14(10(2)21(3)19-9)18-15(23)11-8-13(22(4)20-11)17-16(24)12-6-5-7-25-12/h5-8H,1-4H3,(H,17,24)(H,18,23). The molecule has 3 aromatic heterocycles. The maximum Gasteiger partial charge on any atom is 0.276 e. The molecule has 25 heavy (non-hydrogen) atoms. The van der Waals surface area contributed by atoms with E-state index < -0.39 is 0 Å². The lowest BCUT2D eigenvalue weighted by Gasteiger charge is -2.03. The number of rotatable bonds is 4. The summed E-state index contributed by atoms with van der Waals surface area (Å²) in [5, 5.41) is 15.9. The van der Waals surface area contributed by atoms with Crippen LogP contribution in [0.1, 0.15) is 31.5 Å². The summed E-state index contributed by atoms with van der Waals surface area (Å²) < 4.78 is 3.17. The van der Waals surface area contributed by atoms with E-state index in [1.54, 1.807) is 29.9 Å². The normalized spacial score (nSPS) is 10.7. The molecular weight excluding hydrogens is 340 g/mol. The third-order valence-electron chi connectivity index (χ3n) is 3.85.